The molecule has 0 spiro atoms. The van der Waals surface area contributed by atoms with Gasteiger partial charge in [-0.15, -0.1) is 0 Å². The number of hydrogen-bond donors (Lipinski definition) is 0. The number of rotatable bonds is 7. The lowest BCUT2D eigenvalue weighted by Crippen LogP contribution is -2.28. The third kappa shape index (κ3) is 4.20. The monoisotopic (exact) mass is 403 g/mol. The first-order valence-corrected chi connectivity index (χ1v) is 9.71. The Morgan fingerprint density at radius 3 is 2.40 bits per heavy atom. The topological polar surface area (TPSA) is 55.8 Å². The fraction of sp³-hybridized carbons (Fsp3) is 0.200. The Morgan fingerprint density at radius 2 is 1.80 bits per heavy atom. The zero-order valence-corrected chi connectivity index (χ0v) is 17.4. The molecule has 3 rings (SSSR count). The van der Waals surface area contributed by atoms with Crippen LogP contribution in [-0.4, -0.2) is 30.5 Å². The van der Waals surface area contributed by atoms with Crippen molar-refractivity contribution in [3.8, 4) is 5.75 Å². The Labute approximate surface area is 176 Å². The van der Waals surface area contributed by atoms with Crippen LogP contribution in [0.3, 0.4) is 0 Å². The molecule has 1 amide bonds. The Hall–Kier alpha value is -3.60. The van der Waals surface area contributed by atoms with Gasteiger partial charge < -0.3 is 14.4 Å². The van der Waals surface area contributed by atoms with Crippen LogP contribution in [-0.2, 0) is 14.3 Å². The summed E-state index contributed by atoms with van der Waals surface area (Å²) in [4.78, 5) is 27.5. The quantitative estimate of drug-likeness (QED) is 0.382. The van der Waals surface area contributed by atoms with E-state index in [-0.39, 0.29) is 17.5 Å². The average molecular weight is 403 g/mol. The van der Waals surface area contributed by atoms with Crippen molar-refractivity contribution in [3.05, 3.63) is 95.2 Å². The maximum atomic E-state index is 13.3. The van der Waals surface area contributed by atoms with Gasteiger partial charge in [0.05, 0.1) is 24.3 Å². The molecule has 2 aromatic rings. The molecule has 30 heavy (non-hydrogen) atoms. The summed E-state index contributed by atoms with van der Waals surface area (Å²) in [5.74, 6) is -0.0499. The van der Waals surface area contributed by atoms with Crippen molar-refractivity contribution >= 4 is 18.0 Å². The average Bonchev–Trinajstić information content (AvgIpc) is 3.02. The molecule has 1 aliphatic rings. The molecule has 0 fully saturated rings. The zero-order chi connectivity index (χ0) is 21.7. The molecule has 0 bridgehead atoms. The highest BCUT2D eigenvalue weighted by Crippen LogP contribution is 2.37. The second-order valence-corrected chi connectivity index (χ2v) is 6.94. The van der Waals surface area contributed by atoms with Crippen LogP contribution < -0.4 is 4.74 Å². The molecule has 0 aliphatic carbocycles. The summed E-state index contributed by atoms with van der Waals surface area (Å²) in [6.07, 6.45) is 3.39. The molecule has 1 aliphatic heterocycles. The van der Waals surface area contributed by atoms with Gasteiger partial charge in [-0.25, -0.2) is 4.79 Å². The molecular weight excluding hydrogens is 378 g/mol. The highest BCUT2D eigenvalue weighted by Gasteiger charge is 2.39. The van der Waals surface area contributed by atoms with Crippen molar-refractivity contribution in [3.63, 3.8) is 0 Å². The minimum atomic E-state index is -0.527. The molecule has 1 atom stereocenters. The predicted molar refractivity (Wildman–Crippen MR) is 117 cm³/mol. The SMILES string of the molecule is C=CCOc1ccc(/C=C2\C(=O)N([C@H](C)c3ccccc3)C(C)=C2C(=O)OC)cc1. The van der Waals surface area contributed by atoms with Crippen LogP contribution >= 0.6 is 0 Å². The van der Waals surface area contributed by atoms with Gasteiger partial charge in [-0.3, -0.25) is 4.79 Å². The highest BCUT2D eigenvalue weighted by molar-refractivity contribution is 6.16. The number of amides is 1. The molecule has 0 saturated heterocycles. The zero-order valence-electron chi connectivity index (χ0n) is 17.4. The largest absolute Gasteiger partial charge is 0.490 e. The summed E-state index contributed by atoms with van der Waals surface area (Å²) in [5.41, 5.74) is 2.96. The lowest BCUT2D eigenvalue weighted by Gasteiger charge is -2.26. The van der Waals surface area contributed by atoms with E-state index in [4.69, 9.17) is 9.47 Å². The van der Waals surface area contributed by atoms with E-state index in [1.807, 2.05) is 61.5 Å². The molecule has 0 radical (unpaired) electrons. The van der Waals surface area contributed by atoms with Gasteiger partial charge in [0.15, 0.2) is 0 Å². The maximum absolute atomic E-state index is 13.3. The van der Waals surface area contributed by atoms with Crippen LogP contribution in [0.25, 0.3) is 6.08 Å². The number of allylic oxidation sites excluding steroid dienone is 1. The van der Waals surface area contributed by atoms with Crippen molar-refractivity contribution in [2.24, 2.45) is 0 Å². The van der Waals surface area contributed by atoms with Crippen molar-refractivity contribution in [2.75, 3.05) is 13.7 Å². The van der Waals surface area contributed by atoms with Crippen molar-refractivity contribution in [1.82, 2.24) is 4.90 Å². The molecule has 5 nitrogen and oxygen atoms in total. The number of esters is 1. The number of carbonyl (C=O) groups excluding carboxylic acids is 2. The molecule has 0 unspecified atom stereocenters. The van der Waals surface area contributed by atoms with Crippen LogP contribution in [0.5, 0.6) is 5.75 Å². The normalized spacial score (nSPS) is 16.0. The van der Waals surface area contributed by atoms with E-state index >= 15 is 0 Å². The van der Waals surface area contributed by atoms with E-state index in [1.165, 1.54) is 7.11 Å². The molecule has 1 heterocycles. The van der Waals surface area contributed by atoms with Crippen LogP contribution in [0.15, 0.2) is 84.1 Å². The Morgan fingerprint density at radius 1 is 1.13 bits per heavy atom. The second-order valence-electron chi connectivity index (χ2n) is 6.94. The fourth-order valence-electron chi connectivity index (χ4n) is 3.53. The smallest absolute Gasteiger partial charge is 0.340 e. The van der Waals surface area contributed by atoms with E-state index in [0.29, 0.717) is 23.6 Å². The van der Waals surface area contributed by atoms with Crippen molar-refractivity contribution in [2.45, 2.75) is 19.9 Å². The molecule has 0 aromatic heterocycles. The summed E-state index contributed by atoms with van der Waals surface area (Å²) >= 11 is 0. The first kappa shape index (κ1) is 21.1. The van der Waals surface area contributed by atoms with E-state index in [9.17, 15) is 9.59 Å². The number of carbonyl (C=O) groups is 2. The van der Waals surface area contributed by atoms with Crippen LogP contribution in [0.2, 0.25) is 0 Å². The Kier molecular flexibility index (Phi) is 6.52. The Bertz CT molecular complexity index is 1000. The van der Waals surface area contributed by atoms with Gasteiger partial charge in [-0.05, 0) is 43.2 Å². The molecule has 2 aromatic carbocycles. The lowest BCUT2D eigenvalue weighted by molar-refractivity contribution is -0.136. The first-order valence-electron chi connectivity index (χ1n) is 9.71. The molecule has 5 heteroatoms. The van der Waals surface area contributed by atoms with E-state index < -0.39 is 5.97 Å². The summed E-state index contributed by atoms with van der Waals surface area (Å²) < 4.78 is 10.5. The van der Waals surface area contributed by atoms with Gasteiger partial charge in [-0.2, -0.15) is 0 Å². The van der Waals surface area contributed by atoms with Crippen molar-refractivity contribution < 1.29 is 19.1 Å². The number of methoxy groups -OCH3 is 1. The minimum Gasteiger partial charge on any atom is -0.490 e. The van der Waals surface area contributed by atoms with E-state index in [0.717, 1.165) is 11.1 Å². The van der Waals surface area contributed by atoms with Gasteiger partial charge in [0, 0.05) is 5.70 Å². The minimum absolute atomic E-state index is 0.223. The predicted octanol–water partition coefficient (Wildman–Crippen LogP) is 4.69. The Balaban J connectivity index is 1.99. The van der Waals surface area contributed by atoms with E-state index in [1.54, 1.807) is 24.0 Å². The third-order valence-electron chi connectivity index (χ3n) is 5.06. The second kappa shape index (κ2) is 9.27. The van der Waals surface area contributed by atoms with Crippen molar-refractivity contribution in [1.29, 1.82) is 0 Å². The molecule has 0 N–H and O–H groups in total. The van der Waals surface area contributed by atoms with Gasteiger partial charge in [-0.1, -0.05) is 55.1 Å². The van der Waals surface area contributed by atoms with Gasteiger partial charge >= 0.3 is 5.97 Å². The molecule has 154 valence electrons. The van der Waals surface area contributed by atoms with Gasteiger partial charge in [0.1, 0.15) is 12.4 Å². The first-order chi connectivity index (χ1) is 14.5. The summed E-state index contributed by atoms with van der Waals surface area (Å²) in [6, 6.07) is 16.8. The summed E-state index contributed by atoms with van der Waals surface area (Å²) in [7, 11) is 1.32. The summed E-state index contributed by atoms with van der Waals surface area (Å²) in [5, 5.41) is 0. The third-order valence-corrected chi connectivity index (χ3v) is 5.06. The molecular formula is C25H25NO4. The number of nitrogens with zero attached hydrogens (tertiary/aromatic N) is 1. The summed E-state index contributed by atoms with van der Waals surface area (Å²) in [6.45, 7) is 7.76. The van der Waals surface area contributed by atoms with Gasteiger partial charge in [0.25, 0.3) is 5.91 Å². The highest BCUT2D eigenvalue weighted by atomic mass is 16.5. The van der Waals surface area contributed by atoms with E-state index in [2.05, 4.69) is 6.58 Å². The van der Waals surface area contributed by atoms with Gasteiger partial charge in [0.2, 0.25) is 0 Å². The number of hydrogen-bond acceptors (Lipinski definition) is 4. The number of benzene rings is 2. The standard InChI is InChI=1S/C25H25NO4/c1-5-15-30-21-13-11-19(12-14-21)16-22-23(25(28)29-4)18(3)26(24(22)27)17(2)20-9-7-6-8-10-20/h5-14,16-17H,1,15H2,2-4H3/b22-16-/t17-/m1/s1. The molecule has 0 saturated carbocycles. The number of ether oxygens (including phenoxy) is 2. The fourth-order valence-corrected chi connectivity index (χ4v) is 3.53. The maximum Gasteiger partial charge on any atom is 0.340 e. The van der Waals surface area contributed by atoms with Crippen LogP contribution in [0.4, 0.5) is 0 Å². The van der Waals surface area contributed by atoms with Crippen LogP contribution in [0, 0.1) is 0 Å². The van der Waals surface area contributed by atoms with Crippen LogP contribution in [0.1, 0.15) is 31.0 Å². The lowest BCUT2D eigenvalue weighted by atomic mass is 10.0.